The zero-order chi connectivity index (χ0) is 25.1. The molecule has 0 amide bonds. The van der Waals surface area contributed by atoms with E-state index < -0.39 is 35.8 Å². The quantitative estimate of drug-likeness (QED) is 0.381. The number of ether oxygens (including phenoxy) is 2. The first-order chi connectivity index (χ1) is 16.8. The monoisotopic (exact) mass is 498 g/mol. The molecule has 0 unspecified atom stereocenters. The van der Waals surface area contributed by atoms with Crippen LogP contribution in [0.2, 0.25) is 5.02 Å². The van der Waals surface area contributed by atoms with Gasteiger partial charge >= 0.3 is 0 Å². The van der Waals surface area contributed by atoms with E-state index in [1.165, 1.54) is 7.11 Å². The standard InChI is InChI=1S/C28H31ClO6/c1-34-25-27(32,17-22-12-14-23(29)15-13-22)28(33,18-21-10-6-3-7-11-21)26(31,24(19-30)35-25)16-20-8-4-2-5-9-20/h2-15,24-25,30-33H,16-19H2,1H3/t24-,25+,26-,27+,28+/m1/s1. The molecule has 0 bridgehead atoms. The highest BCUT2D eigenvalue weighted by Crippen LogP contribution is 2.49. The van der Waals surface area contributed by atoms with Gasteiger partial charge < -0.3 is 29.9 Å². The fourth-order valence-electron chi connectivity index (χ4n) is 5.16. The van der Waals surface area contributed by atoms with Crippen LogP contribution in [0.25, 0.3) is 0 Å². The molecule has 0 spiro atoms. The molecule has 1 fully saturated rings. The molecular formula is C28H31ClO6. The second kappa shape index (κ2) is 10.4. The Labute approximate surface area is 210 Å². The van der Waals surface area contributed by atoms with Gasteiger partial charge in [0.25, 0.3) is 0 Å². The van der Waals surface area contributed by atoms with Gasteiger partial charge in [-0.25, -0.2) is 0 Å². The fourth-order valence-corrected chi connectivity index (χ4v) is 5.29. The lowest BCUT2D eigenvalue weighted by Gasteiger charge is -2.61. The van der Waals surface area contributed by atoms with Crippen molar-refractivity contribution in [3.63, 3.8) is 0 Å². The van der Waals surface area contributed by atoms with Crippen molar-refractivity contribution >= 4 is 11.6 Å². The number of hydrogen-bond donors (Lipinski definition) is 4. The second-order valence-corrected chi connectivity index (χ2v) is 9.65. The molecule has 4 rings (SSSR count). The Morgan fingerprint density at radius 2 is 1.23 bits per heavy atom. The van der Waals surface area contributed by atoms with Gasteiger partial charge in [0.1, 0.15) is 17.3 Å². The molecule has 0 radical (unpaired) electrons. The number of benzene rings is 3. The molecule has 0 saturated carbocycles. The van der Waals surface area contributed by atoms with Crippen molar-refractivity contribution in [1.82, 2.24) is 0 Å². The summed E-state index contributed by atoms with van der Waals surface area (Å²) < 4.78 is 11.5. The third-order valence-corrected chi connectivity index (χ3v) is 7.28. The third kappa shape index (κ3) is 4.76. The number of aliphatic hydroxyl groups is 4. The van der Waals surface area contributed by atoms with E-state index in [1.807, 2.05) is 60.7 Å². The lowest BCUT2D eigenvalue weighted by Crippen LogP contribution is -2.82. The smallest absolute Gasteiger partial charge is 0.189 e. The third-order valence-electron chi connectivity index (χ3n) is 7.03. The number of rotatable bonds is 8. The molecule has 7 heteroatoms. The molecule has 1 saturated heterocycles. The van der Waals surface area contributed by atoms with Crippen molar-refractivity contribution < 1.29 is 29.9 Å². The highest BCUT2D eigenvalue weighted by molar-refractivity contribution is 6.30. The van der Waals surface area contributed by atoms with Gasteiger partial charge in [-0.05, 0) is 28.8 Å². The molecule has 3 aromatic carbocycles. The Morgan fingerprint density at radius 3 is 1.74 bits per heavy atom. The van der Waals surface area contributed by atoms with Gasteiger partial charge in [-0.1, -0.05) is 84.4 Å². The van der Waals surface area contributed by atoms with Gasteiger partial charge in [0.15, 0.2) is 11.9 Å². The van der Waals surface area contributed by atoms with E-state index in [-0.39, 0.29) is 19.3 Å². The minimum absolute atomic E-state index is 0.0677. The van der Waals surface area contributed by atoms with Gasteiger partial charge in [0.2, 0.25) is 0 Å². The van der Waals surface area contributed by atoms with Crippen molar-refractivity contribution in [3.05, 3.63) is 107 Å². The minimum atomic E-state index is -2.19. The number of methoxy groups -OCH3 is 1. The summed E-state index contributed by atoms with van der Waals surface area (Å²) in [5.41, 5.74) is -4.28. The van der Waals surface area contributed by atoms with E-state index in [0.717, 1.165) is 0 Å². The molecule has 0 aliphatic carbocycles. The van der Waals surface area contributed by atoms with E-state index in [0.29, 0.717) is 21.7 Å². The van der Waals surface area contributed by atoms with Crippen molar-refractivity contribution in [2.75, 3.05) is 13.7 Å². The van der Waals surface area contributed by atoms with Gasteiger partial charge in [-0.3, -0.25) is 0 Å². The molecular weight excluding hydrogens is 468 g/mol. The van der Waals surface area contributed by atoms with Crippen LogP contribution in [0.5, 0.6) is 0 Å². The summed E-state index contributed by atoms with van der Waals surface area (Å²) in [6, 6.07) is 25.1. The maximum absolute atomic E-state index is 12.5. The van der Waals surface area contributed by atoms with Crippen LogP contribution in [0.3, 0.4) is 0 Å². The zero-order valence-electron chi connectivity index (χ0n) is 19.5. The van der Waals surface area contributed by atoms with Crippen LogP contribution >= 0.6 is 11.6 Å². The molecule has 1 aliphatic rings. The van der Waals surface area contributed by atoms with Gasteiger partial charge in [-0.15, -0.1) is 0 Å². The maximum Gasteiger partial charge on any atom is 0.189 e. The summed E-state index contributed by atoms with van der Waals surface area (Å²) in [7, 11) is 1.36. The van der Waals surface area contributed by atoms with Crippen LogP contribution < -0.4 is 0 Å². The first kappa shape index (κ1) is 25.8. The molecule has 5 atom stereocenters. The first-order valence-electron chi connectivity index (χ1n) is 11.5. The van der Waals surface area contributed by atoms with Crippen molar-refractivity contribution in [1.29, 1.82) is 0 Å². The Bertz CT molecular complexity index is 1100. The number of aliphatic hydroxyl groups excluding tert-OH is 1. The highest BCUT2D eigenvalue weighted by atomic mass is 35.5. The molecule has 1 aliphatic heterocycles. The second-order valence-electron chi connectivity index (χ2n) is 9.21. The Morgan fingerprint density at radius 1 is 0.743 bits per heavy atom. The number of hydrogen-bond acceptors (Lipinski definition) is 6. The molecule has 35 heavy (non-hydrogen) atoms. The average Bonchev–Trinajstić information content (AvgIpc) is 2.86. The van der Waals surface area contributed by atoms with Crippen LogP contribution in [-0.2, 0) is 28.7 Å². The summed E-state index contributed by atoms with van der Waals surface area (Å²) in [6.45, 7) is -0.586. The van der Waals surface area contributed by atoms with Crippen LogP contribution in [0.15, 0.2) is 84.9 Å². The summed E-state index contributed by atoms with van der Waals surface area (Å²) in [5.74, 6) is 0. The Balaban J connectivity index is 1.89. The molecule has 0 aromatic heterocycles. The van der Waals surface area contributed by atoms with Crippen LogP contribution in [0.1, 0.15) is 16.7 Å². The maximum atomic E-state index is 12.5. The lowest BCUT2D eigenvalue weighted by atomic mass is 9.60. The molecule has 1 heterocycles. The average molecular weight is 499 g/mol. The van der Waals surface area contributed by atoms with Gasteiger partial charge in [0.05, 0.1) is 6.61 Å². The van der Waals surface area contributed by atoms with Crippen molar-refractivity contribution in [3.8, 4) is 0 Å². The van der Waals surface area contributed by atoms with Crippen LogP contribution in [0, 0.1) is 0 Å². The van der Waals surface area contributed by atoms with E-state index >= 15 is 0 Å². The molecule has 6 nitrogen and oxygen atoms in total. The predicted octanol–water partition coefficient (Wildman–Crippen LogP) is 2.92. The van der Waals surface area contributed by atoms with Gasteiger partial charge in [-0.2, -0.15) is 0 Å². The van der Waals surface area contributed by atoms with E-state index in [1.54, 1.807) is 24.3 Å². The molecule has 4 N–H and O–H groups in total. The van der Waals surface area contributed by atoms with Crippen LogP contribution in [0.4, 0.5) is 0 Å². The summed E-state index contributed by atoms with van der Waals surface area (Å²) in [5, 5.41) is 47.9. The minimum Gasteiger partial charge on any atom is -0.394 e. The lowest BCUT2D eigenvalue weighted by molar-refractivity contribution is -0.399. The zero-order valence-corrected chi connectivity index (χ0v) is 20.3. The van der Waals surface area contributed by atoms with E-state index in [4.69, 9.17) is 21.1 Å². The molecule has 3 aromatic rings. The largest absolute Gasteiger partial charge is 0.394 e. The highest BCUT2D eigenvalue weighted by Gasteiger charge is 2.71. The summed E-state index contributed by atoms with van der Waals surface area (Å²) >= 11 is 6.05. The Kier molecular flexibility index (Phi) is 7.64. The SMILES string of the molecule is CO[C@H]1O[C@H](CO)[C@](O)(Cc2ccccc2)[C@@](O)(Cc2ccccc2)[C@]1(O)Cc1ccc(Cl)cc1. The molecule has 186 valence electrons. The summed E-state index contributed by atoms with van der Waals surface area (Å²) in [6.07, 6.45) is -2.84. The number of halogens is 1. The van der Waals surface area contributed by atoms with Gasteiger partial charge in [0, 0.05) is 31.4 Å². The van der Waals surface area contributed by atoms with Crippen molar-refractivity contribution in [2.24, 2.45) is 0 Å². The predicted molar refractivity (Wildman–Crippen MR) is 133 cm³/mol. The fraction of sp³-hybridized carbons (Fsp3) is 0.357. The normalized spacial score (nSPS) is 30.8. The van der Waals surface area contributed by atoms with Crippen LogP contribution in [-0.4, -0.2) is 63.3 Å². The van der Waals surface area contributed by atoms with E-state index in [9.17, 15) is 20.4 Å². The Hall–Kier alpha value is -2.29. The summed E-state index contributed by atoms with van der Waals surface area (Å²) in [4.78, 5) is 0. The van der Waals surface area contributed by atoms with E-state index in [2.05, 4.69) is 0 Å². The first-order valence-corrected chi connectivity index (χ1v) is 11.9. The van der Waals surface area contributed by atoms with Crippen molar-refractivity contribution in [2.45, 2.75) is 48.5 Å². The topological polar surface area (TPSA) is 99.4 Å².